The number of hydrogen-bond acceptors (Lipinski definition) is 3. The summed E-state index contributed by atoms with van der Waals surface area (Å²) in [6.07, 6.45) is 10.1. The van der Waals surface area contributed by atoms with Gasteiger partial charge in [0, 0.05) is 48.5 Å². The molecular formula is C22H22N4O. The lowest BCUT2D eigenvalue weighted by molar-refractivity contribution is 0.102. The second-order valence-electron chi connectivity index (χ2n) is 7.60. The van der Waals surface area contributed by atoms with E-state index in [1.54, 1.807) is 12.4 Å². The third-order valence-corrected chi connectivity index (χ3v) is 5.52. The first-order chi connectivity index (χ1) is 13.2. The van der Waals surface area contributed by atoms with E-state index < -0.39 is 0 Å². The molecule has 5 rings (SSSR count). The number of carbonyl (C=O) groups excluding carboxylic acids is 1. The van der Waals surface area contributed by atoms with Crippen molar-refractivity contribution < 1.29 is 4.79 Å². The first-order valence-corrected chi connectivity index (χ1v) is 9.58. The molecule has 2 fully saturated rings. The van der Waals surface area contributed by atoms with Gasteiger partial charge >= 0.3 is 0 Å². The van der Waals surface area contributed by atoms with E-state index in [1.165, 1.54) is 37.1 Å². The molecule has 3 heterocycles. The molecule has 3 aromatic heterocycles. The molecule has 5 nitrogen and oxygen atoms in total. The van der Waals surface area contributed by atoms with Crippen LogP contribution in [0.3, 0.4) is 0 Å². The predicted octanol–water partition coefficient (Wildman–Crippen LogP) is 4.49. The maximum atomic E-state index is 13.0. The van der Waals surface area contributed by atoms with Gasteiger partial charge in [-0.1, -0.05) is 6.07 Å². The highest BCUT2D eigenvalue weighted by Crippen LogP contribution is 2.47. The van der Waals surface area contributed by atoms with Crippen molar-refractivity contribution in [1.82, 2.24) is 14.5 Å². The zero-order valence-corrected chi connectivity index (χ0v) is 15.4. The Labute approximate surface area is 158 Å². The van der Waals surface area contributed by atoms with Crippen LogP contribution in [0.1, 0.15) is 59.3 Å². The molecule has 5 heteroatoms. The lowest BCUT2D eigenvalue weighted by atomic mass is 10.1. The fraction of sp³-hybridized carbons (Fsp3) is 0.318. The van der Waals surface area contributed by atoms with E-state index in [9.17, 15) is 4.79 Å². The van der Waals surface area contributed by atoms with E-state index in [0.717, 1.165) is 16.7 Å². The lowest BCUT2D eigenvalue weighted by Crippen LogP contribution is -2.14. The van der Waals surface area contributed by atoms with Crippen LogP contribution in [0.2, 0.25) is 0 Å². The Hall–Kier alpha value is -2.95. The fourth-order valence-corrected chi connectivity index (χ4v) is 3.84. The SMILES string of the molecule is Cn1c(C2CC2)cc(C(=O)Nc2cc(-c3cccnc3)ccn2)c1C1CC1. The molecule has 2 saturated carbocycles. The number of amides is 1. The summed E-state index contributed by atoms with van der Waals surface area (Å²) in [5, 5.41) is 3.01. The number of aromatic nitrogens is 3. The van der Waals surface area contributed by atoms with Crippen LogP contribution >= 0.6 is 0 Å². The zero-order valence-electron chi connectivity index (χ0n) is 15.4. The van der Waals surface area contributed by atoms with Crippen molar-refractivity contribution in [2.45, 2.75) is 37.5 Å². The van der Waals surface area contributed by atoms with Gasteiger partial charge in [-0.05, 0) is 61.4 Å². The predicted molar refractivity (Wildman–Crippen MR) is 105 cm³/mol. The maximum absolute atomic E-state index is 13.0. The topological polar surface area (TPSA) is 59.8 Å². The molecule has 2 aliphatic rings. The zero-order chi connectivity index (χ0) is 18.4. The van der Waals surface area contributed by atoms with E-state index in [4.69, 9.17) is 0 Å². The van der Waals surface area contributed by atoms with Crippen LogP contribution in [0.4, 0.5) is 5.82 Å². The highest BCUT2D eigenvalue weighted by molar-refractivity contribution is 6.05. The Morgan fingerprint density at radius 1 is 1.07 bits per heavy atom. The van der Waals surface area contributed by atoms with Gasteiger partial charge in [-0.2, -0.15) is 0 Å². The quantitative estimate of drug-likeness (QED) is 0.731. The molecule has 3 aromatic rings. The van der Waals surface area contributed by atoms with Crippen LogP contribution in [0, 0.1) is 0 Å². The van der Waals surface area contributed by atoms with Crippen LogP contribution in [0.25, 0.3) is 11.1 Å². The highest BCUT2D eigenvalue weighted by atomic mass is 16.1. The number of carbonyl (C=O) groups is 1. The summed E-state index contributed by atoms with van der Waals surface area (Å²) < 4.78 is 2.27. The molecule has 0 aromatic carbocycles. The van der Waals surface area contributed by atoms with Crippen molar-refractivity contribution in [2.75, 3.05) is 5.32 Å². The first-order valence-electron chi connectivity index (χ1n) is 9.58. The molecule has 0 spiro atoms. The van der Waals surface area contributed by atoms with Gasteiger partial charge in [0.1, 0.15) is 5.82 Å². The molecule has 1 amide bonds. The van der Waals surface area contributed by atoms with Crippen LogP contribution in [0.15, 0.2) is 48.9 Å². The largest absolute Gasteiger partial charge is 0.350 e. The van der Waals surface area contributed by atoms with Gasteiger partial charge in [0.05, 0.1) is 5.56 Å². The summed E-state index contributed by atoms with van der Waals surface area (Å²) in [7, 11) is 2.11. The average Bonchev–Trinajstić information content (AvgIpc) is 3.61. The Kier molecular flexibility index (Phi) is 3.81. The molecule has 0 atom stereocenters. The number of hydrogen-bond donors (Lipinski definition) is 1. The number of nitrogens with zero attached hydrogens (tertiary/aromatic N) is 3. The van der Waals surface area contributed by atoms with Crippen molar-refractivity contribution in [3.05, 3.63) is 65.9 Å². The van der Waals surface area contributed by atoms with Gasteiger partial charge in [-0.3, -0.25) is 9.78 Å². The summed E-state index contributed by atoms with van der Waals surface area (Å²) in [5.74, 6) is 1.66. The van der Waals surface area contributed by atoms with Gasteiger partial charge in [-0.15, -0.1) is 0 Å². The molecule has 27 heavy (non-hydrogen) atoms. The minimum absolute atomic E-state index is 0.0600. The third-order valence-electron chi connectivity index (χ3n) is 5.52. The van der Waals surface area contributed by atoms with Crippen LogP contribution in [-0.4, -0.2) is 20.4 Å². The third kappa shape index (κ3) is 3.14. The number of nitrogens with one attached hydrogen (secondary N) is 1. The van der Waals surface area contributed by atoms with Crippen LogP contribution in [-0.2, 0) is 7.05 Å². The standard InChI is InChI=1S/C22H22N4O/c1-26-19(14-4-5-14)12-18(21(26)15-6-7-15)22(27)25-20-11-16(8-10-24-20)17-3-2-9-23-13-17/h2-3,8-15H,4-7H2,1H3,(H,24,25,27). The smallest absolute Gasteiger partial charge is 0.258 e. The summed E-state index contributed by atoms with van der Waals surface area (Å²) >= 11 is 0. The molecule has 0 unspecified atom stereocenters. The fourth-order valence-electron chi connectivity index (χ4n) is 3.84. The minimum Gasteiger partial charge on any atom is -0.350 e. The van der Waals surface area contributed by atoms with Gasteiger partial charge < -0.3 is 9.88 Å². The molecule has 0 bridgehead atoms. The molecule has 2 aliphatic carbocycles. The average molecular weight is 358 g/mol. The van der Waals surface area contributed by atoms with E-state index in [0.29, 0.717) is 17.7 Å². The summed E-state index contributed by atoms with van der Waals surface area (Å²) in [6.45, 7) is 0. The van der Waals surface area contributed by atoms with Gasteiger partial charge in [0.15, 0.2) is 0 Å². The molecule has 136 valence electrons. The highest BCUT2D eigenvalue weighted by Gasteiger charge is 2.35. The lowest BCUT2D eigenvalue weighted by Gasteiger charge is -2.09. The van der Waals surface area contributed by atoms with Crippen LogP contribution < -0.4 is 5.32 Å². The van der Waals surface area contributed by atoms with Crippen molar-refractivity contribution in [1.29, 1.82) is 0 Å². The number of rotatable bonds is 5. The monoisotopic (exact) mass is 358 g/mol. The second kappa shape index (κ2) is 6.34. The first kappa shape index (κ1) is 16.2. The van der Waals surface area contributed by atoms with Crippen molar-refractivity contribution in [3.8, 4) is 11.1 Å². The summed E-state index contributed by atoms with van der Waals surface area (Å²) in [4.78, 5) is 21.5. The van der Waals surface area contributed by atoms with Gasteiger partial charge in [0.25, 0.3) is 5.91 Å². The minimum atomic E-state index is -0.0600. The Bertz CT molecular complexity index is 1000. The van der Waals surface area contributed by atoms with Crippen molar-refractivity contribution >= 4 is 11.7 Å². The molecule has 1 N–H and O–H groups in total. The normalized spacial score (nSPS) is 16.3. The maximum Gasteiger partial charge on any atom is 0.258 e. The van der Waals surface area contributed by atoms with Crippen LogP contribution in [0.5, 0.6) is 0 Å². The molecule has 0 aliphatic heterocycles. The number of pyridine rings is 2. The van der Waals surface area contributed by atoms with E-state index >= 15 is 0 Å². The van der Waals surface area contributed by atoms with Gasteiger partial charge in [0.2, 0.25) is 0 Å². The Morgan fingerprint density at radius 2 is 1.89 bits per heavy atom. The Balaban J connectivity index is 1.44. The van der Waals surface area contributed by atoms with Crippen molar-refractivity contribution in [2.24, 2.45) is 7.05 Å². The summed E-state index contributed by atoms with van der Waals surface area (Å²) in [6, 6.07) is 9.83. The van der Waals surface area contributed by atoms with E-state index in [2.05, 4.69) is 33.0 Å². The molecule has 0 saturated heterocycles. The van der Waals surface area contributed by atoms with Gasteiger partial charge in [-0.25, -0.2) is 4.98 Å². The van der Waals surface area contributed by atoms with E-state index in [1.807, 2.05) is 30.5 Å². The molecular weight excluding hydrogens is 336 g/mol. The second-order valence-corrected chi connectivity index (χ2v) is 7.60. The molecule has 0 radical (unpaired) electrons. The Morgan fingerprint density at radius 3 is 2.59 bits per heavy atom. The summed E-state index contributed by atoms with van der Waals surface area (Å²) in [5.41, 5.74) is 5.31. The van der Waals surface area contributed by atoms with E-state index in [-0.39, 0.29) is 5.91 Å². The van der Waals surface area contributed by atoms with Crippen molar-refractivity contribution in [3.63, 3.8) is 0 Å². The number of anilines is 1.